The third kappa shape index (κ3) is 2.65. The van der Waals surface area contributed by atoms with Crippen molar-refractivity contribution >= 4 is 0 Å². The first-order valence-corrected chi connectivity index (χ1v) is 6.72. The van der Waals surface area contributed by atoms with Crippen molar-refractivity contribution in [3.05, 3.63) is 47.4 Å². The van der Waals surface area contributed by atoms with Crippen LogP contribution in [-0.4, -0.2) is 29.7 Å². The molecular formula is C15H16N6. The van der Waals surface area contributed by atoms with Gasteiger partial charge in [-0.05, 0) is 45.9 Å². The van der Waals surface area contributed by atoms with E-state index in [4.69, 9.17) is 0 Å². The van der Waals surface area contributed by atoms with Gasteiger partial charge in [0.05, 0.1) is 5.69 Å². The van der Waals surface area contributed by atoms with E-state index in [9.17, 15) is 0 Å². The summed E-state index contributed by atoms with van der Waals surface area (Å²) in [6, 6.07) is 5.80. The van der Waals surface area contributed by atoms with Crippen LogP contribution in [0.4, 0.5) is 0 Å². The molecule has 0 saturated carbocycles. The lowest BCUT2D eigenvalue weighted by Gasteiger charge is -2.07. The van der Waals surface area contributed by atoms with E-state index in [0.29, 0.717) is 11.6 Å². The second kappa shape index (κ2) is 5.05. The quantitative estimate of drug-likeness (QED) is 0.720. The number of aryl methyl sites for hydroxylation is 4. The van der Waals surface area contributed by atoms with E-state index in [1.165, 1.54) is 0 Å². The van der Waals surface area contributed by atoms with Gasteiger partial charge in [0.2, 0.25) is 0 Å². The second-order valence-electron chi connectivity index (χ2n) is 4.99. The van der Waals surface area contributed by atoms with Gasteiger partial charge in [0.15, 0.2) is 5.82 Å². The maximum Gasteiger partial charge on any atom is 0.181 e. The highest BCUT2D eigenvalue weighted by Crippen LogP contribution is 2.20. The molecule has 3 heterocycles. The summed E-state index contributed by atoms with van der Waals surface area (Å²) >= 11 is 0. The molecule has 0 aromatic carbocycles. The monoisotopic (exact) mass is 280 g/mol. The lowest BCUT2D eigenvalue weighted by atomic mass is 10.3. The highest BCUT2D eigenvalue weighted by molar-refractivity contribution is 5.53. The Morgan fingerprint density at radius 2 is 1.67 bits per heavy atom. The smallest absolute Gasteiger partial charge is 0.181 e. The summed E-state index contributed by atoms with van der Waals surface area (Å²) in [5.41, 5.74) is 3.54. The molecule has 0 aliphatic heterocycles. The lowest BCUT2D eigenvalue weighted by Crippen LogP contribution is -2.03. The molecule has 0 unspecified atom stereocenters. The van der Waals surface area contributed by atoms with Gasteiger partial charge in [0, 0.05) is 17.6 Å². The summed E-state index contributed by atoms with van der Waals surface area (Å²) in [7, 11) is 0. The molecule has 0 bridgehead atoms. The highest BCUT2D eigenvalue weighted by Gasteiger charge is 2.14. The van der Waals surface area contributed by atoms with E-state index in [1.54, 1.807) is 10.9 Å². The zero-order chi connectivity index (χ0) is 15.0. The van der Waals surface area contributed by atoms with E-state index >= 15 is 0 Å². The van der Waals surface area contributed by atoms with Crippen LogP contribution in [0.5, 0.6) is 0 Å². The van der Waals surface area contributed by atoms with Crippen molar-refractivity contribution in [3.63, 3.8) is 0 Å². The van der Waals surface area contributed by atoms with Crippen LogP contribution in [0, 0.1) is 27.7 Å². The van der Waals surface area contributed by atoms with Gasteiger partial charge in [-0.2, -0.15) is 5.10 Å². The summed E-state index contributed by atoms with van der Waals surface area (Å²) in [5.74, 6) is 2.14. The zero-order valence-electron chi connectivity index (χ0n) is 12.5. The third-order valence-corrected chi connectivity index (χ3v) is 3.03. The van der Waals surface area contributed by atoms with Crippen molar-refractivity contribution in [2.45, 2.75) is 27.7 Å². The molecule has 6 heteroatoms. The van der Waals surface area contributed by atoms with Crippen LogP contribution in [0.25, 0.3) is 17.2 Å². The van der Waals surface area contributed by atoms with Gasteiger partial charge in [-0.15, -0.1) is 0 Å². The number of nitrogens with zero attached hydrogens (tertiary/aromatic N) is 6. The molecule has 21 heavy (non-hydrogen) atoms. The summed E-state index contributed by atoms with van der Waals surface area (Å²) in [6.07, 6.45) is 1.77. The molecule has 3 aromatic rings. The molecule has 3 rings (SSSR count). The molecule has 3 aromatic heterocycles. The van der Waals surface area contributed by atoms with Gasteiger partial charge < -0.3 is 0 Å². The van der Waals surface area contributed by atoms with E-state index < -0.39 is 0 Å². The zero-order valence-corrected chi connectivity index (χ0v) is 12.5. The Hall–Kier alpha value is -2.63. The fraction of sp³-hybridized carbons (Fsp3) is 0.267. The van der Waals surface area contributed by atoms with Crippen molar-refractivity contribution in [2.24, 2.45) is 0 Å². The molecule has 0 saturated heterocycles. The van der Waals surface area contributed by atoms with Gasteiger partial charge in [0.25, 0.3) is 0 Å². The molecule has 0 aliphatic carbocycles. The fourth-order valence-electron chi connectivity index (χ4n) is 2.25. The minimum absolute atomic E-state index is 0.702. The molecule has 0 aliphatic rings. The van der Waals surface area contributed by atoms with Crippen LogP contribution in [0.3, 0.4) is 0 Å². The Labute approximate surface area is 122 Å². The van der Waals surface area contributed by atoms with Gasteiger partial charge in [-0.1, -0.05) is 0 Å². The van der Waals surface area contributed by atoms with Crippen LogP contribution in [-0.2, 0) is 0 Å². The molecule has 0 spiro atoms. The largest absolute Gasteiger partial charge is 0.261 e. The number of hydrogen-bond donors (Lipinski definition) is 0. The molecular weight excluding hydrogens is 264 g/mol. The molecule has 0 amide bonds. The number of rotatable bonds is 2. The molecule has 0 N–H and O–H groups in total. The van der Waals surface area contributed by atoms with Crippen molar-refractivity contribution in [1.29, 1.82) is 0 Å². The normalized spacial score (nSPS) is 10.9. The van der Waals surface area contributed by atoms with Gasteiger partial charge in [0.1, 0.15) is 17.3 Å². The van der Waals surface area contributed by atoms with Gasteiger partial charge in [-0.25, -0.2) is 19.6 Å². The second-order valence-corrected chi connectivity index (χ2v) is 4.99. The first-order valence-electron chi connectivity index (χ1n) is 6.72. The van der Waals surface area contributed by atoms with Crippen molar-refractivity contribution < 1.29 is 0 Å². The molecule has 0 radical (unpaired) electrons. The highest BCUT2D eigenvalue weighted by atomic mass is 15.4. The van der Waals surface area contributed by atoms with Crippen molar-refractivity contribution in [2.75, 3.05) is 0 Å². The predicted molar refractivity (Wildman–Crippen MR) is 79.1 cm³/mol. The van der Waals surface area contributed by atoms with E-state index in [1.807, 2.05) is 45.9 Å². The minimum atomic E-state index is 0.702. The Bertz CT molecular complexity index is 785. The average Bonchev–Trinajstić information content (AvgIpc) is 2.80. The van der Waals surface area contributed by atoms with E-state index in [0.717, 1.165) is 28.6 Å². The van der Waals surface area contributed by atoms with Gasteiger partial charge in [-0.3, -0.25) is 4.98 Å². The summed E-state index contributed by atoms with van der Waals surface area (Å²) < 4.78 is 1.80. The Morgan fingerprint density at radius 1 is 0.857 bits per heavy atom. The predicted octanol–water partition coefficient (Wildman–Crippen LogP) is 2.35. The lowest BCUT2D eigenvalue weighted by molar-refractivity contribution is 0.858. The third-order valence-electron chi connectivity index (χ3n) is 3.03. The van der Waals surface area contributed by atoms with Gasteiger partial charge >= 0.3 is 0 Å². The Balaban J connectivity index is 2.20. The maximum absolute atomic E-state index is 4.51. The molecule has 6 nitrogen and oxygen atoms in total. The summed E-state index contributed by atoms with van der Waals surface area (Å²) in [4.78, 5) is 17.5. The maximum atomic E-state index is 4.51. The van der Waals surface area contributed by atoms with Crippen molar-refractivity contribution in [3.8, 4) is 17.2 Å². The van der Waals surface area contributed by atoms with Crippen LogP contribution in [0.15, 0.2) is 24.4 Å². The average molecular weight is 280 g/mol. The topological polar surface area (TPSA) is 69.4 Å². The van der Waals surface area contributed by atoms with Crippen LogP contribution in [0.2, 0.25) is 0 Å². The first kappa shape index (κ1) is 13.4. The molecule has 0 atom stereocenters. The molecule has 0 fully saturated rings. The number of pyridine rings is 1. The van der Waals surface area contributed by atoms with Crippen LogP contribution in [0.1, 0.15) is 23.0 Å². The number of aromatic nitrogens is 6. The van der Waals surface area contributed by atoms with E-state index in [2.05, 4.69) is 25.0 Å². The van der Waals surface area contributed by atoms with Crippen LogP contribution >= 0.6 is 0 Å². The SMILES string of the molecule is Cc1cc(-n2nc(C)nc2-c2cc(C)nc(C)n2)ccn1. The summed E-state index contributed by atoms with van der Waals surface area (Å²) in [6.45, 7) is 7.64. The number of hydrogen-bond acceptors (Lipinski definition) is 5. The minimum Gasteiger partial charge on any atom is -0.261 e. The first-order chi connectivity index (χ1) is 10.0. The Kier molecular flexibility index (Phi) is 3.21. The van der Waals surface area contributed by atoms with E-state index in [-0.39, 0.29) is 0 Å². The van der Waals surface area contributed by atoms with Crippen LogP contribution < -0.4 is 0 Å². The Morgan fingerprint density at radius 3 is 2.38 bits per heavy atom. The van der Waals surface area contributed by atoms with Crippen molar-refractivity contribution in [1.82, 2.24) is 29.7 Å². The standard InChI is InChI=1S/C15H16N6/c1-9-7-13(5-6-16-9)21-15(19-12(4)20-21)14-8-10(2)17-11(3)18-14/h5-8H,1-4H3. The summed E-state index contributed by atoms with van der Waals surface area (Å²) in [5, 5.41) is 4.48. The molecule has 106 valence electrons. The fourth-order valence-corrected chi connectivity index (χ4v) is 2.25.